The number of carbonyl (C=O) groups excluding carboxylic acids is 1. The summed E-state index contributed by atoms with van der Waals surface area (Å²) in [6, 6.07) is 15.6. The lowest BCUT2D eigenvalue weighted by molar-refractivity contribution is 0.0951. The number of thiophene rings is 1. The van der Waals surface area contributed by atoms with Gasteiger partial charge in [-0.15, -0.1) is 11.3 Å². The molecule has 0 atom stereocenters. The summed E-state index contributed by atoms with van der Waals surface area (Å²) >= 11 is 1.74. The van der Waals surface area contributed by atoms with Crippen LogP contribution < -0.4 is 10.1 Å². The van der Waals surface area contributed by atoms with Crippen molar-refractivity contribution >= 4 is 27.3 Å². The van der Waals surface area contributed by atoms with Crippen molar-refractivity contribution in [2.45, 2.75) is 6.42 Å². The molecule has 0 aliphatic carbocycles. The molecule has 0 bridgehead atoms. The van der Waals surface area contributed by atoms with Gasteiger partial charge in [-0.05, 0) is 40.9 Å². The molecule has 2 aromatic carbocycles. The number of amides is 1. The Balaban J connectivity index is 1.64. The van der Waals surface area contributed by atoms with Crippen molar-refractivity contribution in [3.8, 4) is 5.75 Å². The molecule has 0 aliphatic rings. The van der Waals surface area contributed by atoms with Crippen LogP contribution in [0.5, 0.6) is 5.75 Å². The second-order valence-corrected chi connectivity index (χ2v) is 5.87. The molecule has 1 aromatic heterocycles. The van der Waals surface area contributed by atoms with Gasteiger partial charge in [0.15, 0.2) is 0 Å². The SMILES string of the molecule is COc1ccccc1C(=O)NCCc1csc2ccccc12. The van der Waals surface area contributed by atoms with Crippen molar-refractivity contribution < 1.29 is 9.53 Å². The van der Waals surface area contributed by atoms with E-state index in [-0.39, 0.29) is 5.91 Å². The Morgan fingerprint density at radius 2 is 1.91 bits per heavy atom. The van der Waals surface area contributed by atoms with Crippen LogP contribution >= 0.6 is 11.3 Å². The van der Waals surface area contributed by atoms with E-state index < -0.39 is 0 Å². The van der Waals surface area contributed by atoms with Crippen molar-refractivity contribution in [1.29, 1.82) is 0 Å². The Bertz CT molecular complexity index is 794. The number of nitrogens with one attached hydrogen (secondary N) is 1. The summed E-state index contributed by atoms with van der Waals surface area (Å²) in [6.45, 7) is 0.609. The van der Waals surface area contributed by atoms with E-state index in [2.05, 4.69) is 22.8 Å². The lowest BCUT2D eigenvalue weighted by Gasteiger charge is -2.08. The van der Waals surface area contributed by atoms with Crippen molar-refractivity contribution in [3.05, 3.63) is 65.0 Å². The van der Waals surface area contributed by atoms with Crippen LogP contribution in [0.25, 0.3) is 10.1 Å². The molecule has 3 rings (SSSR count). The predicted octanol–water partition coefficient (Wildman–Crippen LogP) is 3.88. The van der Waals surface area contributed by atoms with E-state index in [0.717, 1.165) is 6.42 Å². The first kappa shape index (κ1) is 14.6. The maximum atomic E-state index is 12.2. The van der Waals surface area contributed by atoms with Gasteiger partial charge in [-0.2, -0.15) is 0 Å². The lowest BCUT2D eigenvalue weighted by atomic mass is 10.1. The number of ether oxygens (including phenoxy) is 1. The smallest absolute Gasteiger partial charge is 0.255 e. The number of para-hydroxylation sites is 1. The van der Waals surface area contributed by atoms with E-state index >= 15 is 0 Å². The van der Waals surface area contributed by atoms with Crippen LogP contribution in [0.3, 0.4) is 0 Å². The average molecular weight is 311 g/mol. The summed E-state index contributed by atoms with van der Waals surface area (Å²) in [4.78, 5) is 12.2. The minimum absolute atomic E-state index is 0.100. The van der Waals surface area contributed by atoms with Gasteiger partial charge in [0.05, 0.1) is 12.7 Å². The van der Waals surface area contributed by atoms with Crippen LogP contribution in [0.15, 0.2) is 53.9 Å². The number of benzene rings is 2. The van der Waals surface area contributed by atoms with Crippen molar-refractivity contribution in [1.82, 2.24) is 5.32 Å². The van der Waals surface area contributed by atoms with E-state index in [9.17, 15) is 4.79 Å². The van der Waals surface area contributed by atoms with Gasteiger partial charge in [0.25, 0.3) is 5.91 Å². The lowest BCUT2D eigenvalue weighted by Crippen LogP contribution is -2.26. The highest BCUT2D eigenvalue weighted by molar-refractivity contribution is 7.17. The zero-order valence-corrected chi connectivity index (χ0v) is 13.2. The summed E-state index contributed by atoms with van der Waals surface area (Å²) in [5, 5.41) is 6.41. The third-order valence-electron chi connectivity index (χ3n) is 3.59. The van der Waals surface area contributed by atoms with Gasteiger partial charge in [-0.1, -0.05) is 30.3 Å². The molecule has 1 heterocycles. The van der Waals surface area contributed by atoms with Gasteiger partial charge in [-0.25, -0.2) is 0 Å². The van der Waals surface area contributed by atoms with Crippen LogP contribution in [0, 0.1) is 0 Å². The van der Waals surface area contributed by atoms with E-state index in [1.165, 1.54) is 15.6 Å². The quantitative estimate of drug-likeness (QED) is 0.776. The number of rotatable bonds is 5. The highest BCUT2D eigenvalue weighted by atomic mass is 32.1. The molecular weight excluding hydrogens is 294 g/mol. The van der Waals surface area contributed by atoms with Crippen molar-refractivity contribution in [3.63, 3.8) is 0 Å². The van der Waals surface area contributed by atoms with Crippen LogP contribution in [-0.4, -0.2) is 19.6 Å². The number of methoxy groups -OCH3 is 1. The number of carbonyl (C=O) groups is 1. The van der Waals surface area contributed by atoms with E-state index in [4.69, 9.17) is 4.74 Å². The molecule has 0 unspecified atom stereocenters. The minimum Gasteiger partial charge on any atom is -0.496 e. The van der Waals surface area contributed by atoms with E-state index in [0.29, 0.717) is 17.9 Å². The summed E-state index contributed by atoms with van der Waals surface area (Å²) in [5.41, 5.74) is 1.85. The Hall–Kier alpha value is -2.33. The normalized spacial score (nSPS) is 10.6. The molecule has 1 amide bonds. The third kappa shape index (κ3) is 2.97. The summed E-state index contributed by atoms with van der Waals surface area (Å²) in [6.07, 6.45) is 0.824. The van der Waals surface area contributed by atoms with Crippen molar-refractivity contribution in [2.75, 3.05) is 13.7 Å². The maximum absolute atomic E-state index is 12.2. The van der Waals surface area contributed by atoms with E-state index in [1.54, 1.807) is 30.6 Å². The number of hydrogen-bond donors (Lipinski definition) is 1. The zero-order chi connectivity index (χ0) is 15.4. The van der Waals surface area contributed by atoms with E-state index in [1.807, 2.05) is 24.3 Å². The molecule has 4 heteroatoms. The number of hydrogen-bond acceptors (Lipinski definition) is 3. The molecule has 1 N–H and O–H groups in total. The highest BCUT2D eigenvalue weighted by Crippen LogP contribution is 2.25. The predicted molar refractivity (Wildman–Crippen MR) is 90.9 cm³/mol. The first-order chi connectivity index (χ1) is 10.8. The van der Waals surface area contributed by atoms with Gasteiger partial charge in [0.1, 0.15) is 5.75 Å². The molecule has 0 radical (unpaired) electrons. The first-order valence-corrected chi connectivity index (χ1v) is 8.04. The van der Waals surface area contributed by atoms with Crippen LogP contribution in [-0.2, 0) is 6.42 Å². The third-order valence-corrected chi connectivity index (χ3v) is 4.60. The van der Waals surface area contributed by atoms with Crippen molar-refractivity contribution in [2.24, 2.45) is 0 Å². The van der Waals surface area contributed by atoms with Gasteiger partial charge in [0, 0.05) is 11.2 Å². The summed E-state index contributed by atoms with van der Waals surface area (Å²) < 4.78 is 6.50. The molecule has 0 saturated carbocycles. The summed E-state index contributed by atoms with van der Waals surface area (Å²) in [7, 11) is 1.57. The van der Waals surface area contributed by atoms with Crippen LogP contribution in [0.4, 0.5) is 0 Å². The Morgan fingerprint density at radius 3 is 2.77 bits per heavy atom. The Labute approximate surface area is 133 Å². The van der Waals surface area contributed by atoms with Gasteiger partial charge >= 0.3 is 0 Å². The van der Waals surface area contributed by atoms with Gasteiger partial charge in [0.2, 0.25) is 0 Å². The standard InChI is InChI=1S/C18H17NO2S/c1-21-16-8-4-2-7-15(16)18(20)19-11-10-13-12-22-17-9-5-3-6-14(13)17/h2-9,12H,10-11H2,1H3,(H,19,20). The van der Waals surface area contributed by atoms with Crippen LogP contribution in [0.2, 0.25) is 0 Å². The fourth-order valence-electron chi connectivity index (χ4n) is 2.46. The molecule has 3 aromatic rings. The molecule has 22 heavy (non-hydrogen) atoms. The average Bonchev–Trinajstić information content (AvgIpc) is 2.98. The fourth-order valence-corrected chi connectivity index (χ4v) is 3.46. The molecule has 0 saturated heterocycles. The molecule has 0 fully saturated rings. The largest absolute Gasteiger partial charge is 0.496 e. The first-order valence-electron chi connectivity index (χ1n) is 7.16. The topological polar surface area (TPSA) is 38.3 Å². The monoisotopic (exact) mass is 311 g/mol. The zero-order valence-electron chi connectivity index (χ0n) is 12.3. The van der Waals surface area contributed by atoms with Gasteiger partial charge in [-0.3, -0.25) is 4.79 Å². The molecule has 112 valence electrons. The second kappa shape index (κ2) is 6.62. The molecule has 0 spiro atoms. The van der Waals surface area contributed by atoms with Crippen LogP contribution in [0.1, 0.15) is 15.9 Å². The Kier molecular flexibility index (Phi) is 4.39. The Morgan fingerprint density at radius 1 is 1.14 bits per heavy atom. The minimum atomic E-state index is -0.100. The summed E-state index contributed by atoms with van der Waals surface area (Å²) in [5.74, 6) is 0.498. The fraction of sp³-hybridized carbons (Fsp3) is 0.167. The second-order valence-electron chi connectivity index (χ2n) is 4.96. The number of fused-ring (bicyclic) bond motifs is 1. The highest BCUT2D eigenvalue weighted by Gasteiger charge is 2.11. The maximum Gasteiger partial charge on any atom is 0.255 e. The molecule has 0 aliphatic heterocycles. The molecule has 3 nitrogen and oxygen atoms in total. The molecular formula is C18H17NO2S. The van der Waals surface area contributed by atoms with Gasteiger partial charge < -0.3 is 10.1 Å².